The van der Waals surface area contributed by atoms with E-state index in [9.17, 15) is 18.3 Å². The van der Waals surface area contributed by atoms with Crippen molar-refractivity contribution in [2.24, 2.45) is 0 Å². The van der Waals surface area contributed by atoms with Gasteiger partial charge in [-0.3, -0.25) is 0 Å². The minimum absolute atomic E-state index is 0.0244. The molecule has 19 heavy (non-hydrogen) atoms. The van der Waals surface area contributed by atoms with Crippen molar-refractivity contribution in [3.63, 3.8) is 0 Å². The van der Waals surface area contributed by atoms with E-state index in [-0.39, 0.29) is 18.4 Å². The first-order valence-electron chi connectivity index (χ1n) is 5.79. The van der Waals surface area contributed by atoms with E-state index in [1.165, 1.54) is 6.07 Å². The van der Waals surface area contributed by atoms with Crippen LogP contribution in [0.15, 0.2) is 18.2 Å². The van der Waals surface area contributed by atoms with Crippen molar-refractivity contribution < 1.29 is 27.8 Å². The van der Waals surface area contributed by atoms with Crippen molar-refractivity contribution in [3.05, 3.63) is 23.8 Å². The Hall–Kier alpha value is -1.47. The molecule has 0 amide bonds. The number of phenolic OH excluding ortho intramolecular Hbond substituents is 1. The Morgan fingerprint density at radius 2 is 2.21 bits per heavy atom. The van der Waals surface area contributed by atoms with Gasteiger partial charge in [-0.2, -0.15) is 13.2 Å². The van der Waals surface area contributed by atoms with Gasteiger partial charge in [0.05, 0.1) is 12.6 Å². The summed E-state index contributed by atoms with van der Waals surface area (Å²) in [4.78, 5) is 0. The minimum atomic E-state index is -4.29. The summed E-state index contributed by atoms with van der Waals surface area (Å²) in [6.45, 7) is -0.577. The number of phenols is 1. The number of nitrogens with one attached hydrogen (secondary N) is 1. The number of alkyl halides is 3. The van der Waals surface area contributed by atoms with Crippen LogP contribution in [0.1, 0.15) is 11.6 Å². The summed E-state index contributed by atoms with van der Waals surface area (Å²) in [7, 11) is 0. The highest BCUT2D eigenvalue weighted by Crippen LogP contribution is 2.34. The summed E-state index contributed by atoms with van der Waals surface area (Å²) in [5.41, 5.74) is 0.883. The number of hydrogen-bond acceptors (Lipinski definition) is 4. The van der Waals surface area contributed by atoms with Gasteiger partial charge in [-0.15, -0.1) is 0 Å². The summed E-state index contributed by atoms with van der Waals surface area (Å²) in [6, 6.07) is 4.69. The molecule has 1 aliphatic heterocycles. The van der Waals surface area contributed by atoms with E-state index in [0.717, 1.165) is 5.56 Å². The Bertz CT molecular complexity index is 437. The average molecular weight is 277 g/mol. The van der Waals surface area contributed by atoms with Gasteiger partial charge in [0.2, 0.25) is 0 Å². The molecule has 0 saturated carbocycles. The van der Waals surface area contributed by atoms with Crippen LogP contribution in [0.4, 0.5) is 13.2 Å². The summed E-state index contributed by atoms with van der Waals surface area (Å²) in [5, 5.41) is 12.3. The van der Waals surface area contributed by atoms with Gasteiger partial charge in [0.15, 0.2) is 0 Å². The smallest absolute Gasteiger partial charge is 0.411 e. The number of ether oxygens (including phenoxy) is 2. The molecular weight excluding hydrogens is 263 g/mol. The molecule has 106 valence electrons. The molecule has 2 N–H and O–H groups in total. The molecule has 0 aliphatic carbocycles. The zero-order chi connectivity index (χ0) is 13.9. The Morgan fingerprint density at radius 1 is 1.42 bits per heavy atom. The molecule has 0 saturated heterocycles. The van der Waals surface area contributed by atoms with Crippen LogP contribution >= 0.6 is 0 Å². The van der Waals surface area contributed by atoms with Gasteiger partial charge in [-0.1, -0.05) is 0 Å². The van der Waals surface area contributed by atoms with E-state index in [1.54, 1.807) is 12.1 Å². The van der Waals surface area contributed by atoms with Gasteiger partial charge < -0.3 is 19.9 Å². The lowest BCUT2D eigenvalue weighted by Gasteiger charge is -2.12. The number of fused-ring (bicyclic) bond motifs is 1. The summed E-state index contributed by atoms with van der Waals surface area (Å²) < 4.78 is 45.3. The third-order valence-corrected chi connectivity index (χ3v) is 2.68. The van der Waals surface area contributed by atoms with Crippen LogP contribution in [0.3, 0.4) is 0 Å². The Morgan fingerprint density at radius 3 is 2.95 bits per heavy atom. The predicted molar refractivity (Wildman–Crippen MR) is 61.2 cm³/mol. The number of aromatic hydroxyl groups is 1. The second kappa shape index (κ2) is 5.66. The zero-order valence-corrected chi connectivity index (χ0v) is 10.0. The van der Waals surface area contributed by atoms with Gasteiger partial charge >= 0.3 is 6.18 Å². The average Bonchev–Trinajstić information content (AvgIpc) is 2.69. The van der Waals surface area contributed by atoms with Crippen LogP contribution in [0.2, 0.25) is 0 Å². The lowest BCUT2D eigenvalue weighted by molar-refractivity contribution is -0.173. The van der Waals surface area contributed by atoms with E-state index in [0.29, 0.717) is 18.9 Å². The summed E-state index contributed by atoms with van der Waals surface area (Å²) in [5.74, 6) is 0.710. The highest BCUT2D eigenvalue weighted by atomic mass is 19.4. The molecule has 0 bridgehead atoms. The molecule has 0 aromatic heterocycles. The second-order valence-electron chi connectivity index (χ2n) is 4.21. The van der Waals surface area contributed by atoms with Crippen molar-refractivity contribution in [1.82, 2.24) is 5.32 Å². The Kier molecular flexibility index (Phi) is 4.16. The molecule has 1 unspecified atom stereocenters. The lowest BCUT2D eigenvalue weighted by Crippen LogP contribution is -2.28. The molecule has 2 rings (SSSR count). The van der Waals surface area contributed by atoms with Gasteiger partial charge in [0.25, 0.3) is 0 Å². The van der Waals surface area contributed by atoms with E-state index >= 15 is 0 Å². The minimum Gasteiger partial charge on any atom is -0.508 e. The second-order valence-corrected chi connectivity index (χ2v) is 4.21. The standard InChI is InChI=1S/C12H14F3NO3/c13-12(14,15)7-18-4-3-16-10-6-19-11-5-8(17)1-2-9(10)11/h1-2,5,10,16-17H,3-4,6-7H2. The fourth-order valence-corrected chi connectivity index (χ4v) is 1.86. The maximum absolute atomic E-state index is 11.8. The Balaban J connectivity index is 1.74. The molecule has 0 radical (unpaired) electrons. The number of hydrogen-bond donors (Lipinski definition) is 2. The van der Waals surface area contributed by atoms with E-state index in [4.69, 9.17) is 4.74 Å². The van der Waals surface area contributed by atoms with Gasteiger partial charge in [-0.25, -0.2) is 0 Å². The highest BCUT2D eigenvalue weighted by Gasteiger charge is 2.27. The largest absolute Gasteiger partial charge is 0.508 e. The molecule has 1 aliphatic rings. The van der Waals surface area contributed by atoms with Crippen LogP contribution in [-0.4, -0.2) is 37.6 Å². The summed E-state index contributed by atoms with van der Waals surface area (Å²) in [6.07, 6.45) is -4.29. The van der Waals surface area contributed by atoms with Crippen LogP contribution in [0.5, 0.6) is 11.5 Å². The third kappa shape index (κ3) is 4.00. The maximum Gasteiger partial charge on any atom is 0.411 e. The van der Waals surface area contributed by atoms with Crippen molar-refractivity contribution in [2.75, 3.05) is 26.4 Å². The quantitative estimate of drug-likeness (QED) is 0.808. The van der Waals surface area contributed by atoms with E-state index < -0.39 is 12.8 Å². The van der Waals surface area contributed by atoms with Crippen LogP contribution in [0.25, 0.3) is 0 Å². The van der Waals surface area contributed by atoms with Crippen LogP contribution in [-0.2, 0) is 4.74 Å². The molecule has 1 atom stereocenters. The molecule has 0 fully saturated rings. The van der Waals surface area contributed by atoms with E-state index in [1.807, 2.05) is 0 Å². The van der Waals surface area contributed by atoms with Gasteiger partial charge in [0.1, 0.15) is 24.7 Å². The zero-order valence-electron chi connectivity index (χ0n) is 10.0. The van der Waals surface area contributed by atoms with Crippen molar-refractivity contribution >= 4 is 0 Å². The first-order valence-corrected chi connectivity index (χ1v) is 5.79. The van der Waals surface area contributed by atoms with E-state index in [2.05, 4.69) is 10.1 Å². The monoisotopic (exact) mass is 277 g/mol. The first-order chi connectivity index (χ1) is 8.96. The normalized spacial score (nSPS) is 18.2. The molecule has 7 heteroatoms. The van der Waals surface area contributed by atoms with Crippen molar-refractivity contribution in [2.45, 2.75) is 12.2 Å². The number of rotatable bonds is 5. The number of halogens is 3. The number of benzene rings is 1. The fraction of sp³-hybridized carbons (Fsp3) is 0.500. The summed E-state index contributed by atoms with van der Waals surface area (Å²) >= 11 is 0. The molecule has 4 nitrogen and oxygen atoms in total. The Labute approximate surface area is 108 Å². The molecule has 0 spiro atoms. The molecule has 1 heterocycles. The van der Waals surface area contributed by atoms with Gasteiger partial charge in [-0.05, 0) is 12.1 Å². The molecular formula is C12H14F3NO3. The molecule has 1 aromatic rings. The SMILES string of the molecule is Oc1ccc2c(c1)OCC2NCCOCC(F)(F)F. The predicted octanol–water partition coefficient (Wildman–Crippen LogP) is 1.99. The lowest BCUT2D eigenvalue weighted by atomic mass is 10.1. The van der Waals surface area contributed by atoms with Gasteiger partial charge in [0, 0.05) is 18.2 Å². The van der Waals surface area contributed by atoms with Crippen molar-refractivity contribution in [3.8, 4) is 11.5 Å². The fourth-order valence-electron chi connectivity index (χ4n) is 1.86. The first kappa shape index (κ1) is 14.0. The third-order valence-electron chi connectivity index (χ3n) is 2.68. The van der Waals surface area contributed by atoms with Crippen molar-refractivity contribution in [1.29, 1.82) is 0 Å². The maximum atomic E-state index is 11.8. The van der Waals surface area contributed by atoms with Crippen LogP contribution in [0, 0.1) is 0 Å². The highest BCUT2D eigenvalue weighted by molar-refractivity contribution is 5.44. The van der Waals surface area contributed by atoms with Crippen LogP contribution < -0.4 is 10.1 Å². The molecule has 1 aromatic carbocycles. The topological polar surface area (TPSA) is 50.7 Å².